The zero-order valence-electron chi connectivity index (χ0n) is 9.66. The van der Waals surface area contributed by atoms with Gasteiger partial charge in [0.05, 0.1) is 10.5 Å². The van der Waals surface area contributed by atoms with Crippen molar-refractivity contribution in [2.75, 3.05) is 0 Å². The number of Topliss-reactive ketones (excluding diaryl/α,β-unsaturated/α-hetero) is 1. The summed E-state index contributed by atoms with van der Waals surface area (Å²) in [6, 6.07) is 5.49. The topological polar surface area (TPSA) is 29.1 Å². The zero-order chi connectivity index (χ0) is 12.0. The van der Waals surface area contributed by atoms with E-state index in [9.17, 15) is 9.18 Å². The SMILES string of the molecule is Cl.O=C1C2CC(C2)NC1Cc1cccc(Br)c1F. The molecule has 1 unspecified atom stereocenters. The molecule has 2 nitrogen and oxygen atoms in total. The van der Waals surface area contributed by atoms with Gasteiger partial charge in [0.25, 0.3) is 0 Å². The first kappa shape index (κ1) is 14.0. The number of hydrogen-bond acceptors (Lipinski definition) is 2. The average Bonchev–Trinajstić information content (AvgIpc) is 2.25. The van der Waals surface area contributed by atoms with Crippen molar-refractivity contribution >= 4 is 34.1 Å². The monoisotopic (exact) mass is 333 g/mol. The van der Waals surface area contributed by atoms with E-state index in [0.717, 1.165) is 12.8 Å². The van der Waals surface area contributed by atoms with Gasteiger partial charge in [-0.25, -0.2) is 4.39 Å². The van der Waals surface area contributed by atoms with Crippen molar-refractivity contribution in [2.24, 2.45) is 5.92 Å². The summed E-state index contributed by atoms with van der Waals surface area (Å²) in [6.07, 6.45) is 2.39. The van der Waals surface area contributed by atoms with Gasteiger partial charge in [-0.1, -0.05) is 12.1 Å². The highest BCUT2D eigenvalue weighted by Crippen LogP contribution is 2.35. The Morgan fingerprint density at radius 3 is 2.78 bits per heavy atom. The van der Waals surface area contributed by atoms with Gasteiger partial charge < -0.3 is 5.32 Å². The van der Waals surface area contributed by atoms with Crippen LogP contribution in [-0.2, 0) is 11.2 Å². The summed E-state index contributed by atoms with van der Waals surface area (Å²) in [5, 5.41) is 3.30. The molecule has 1 N–H and O–H groups in total. The van der Waals surface area contributed by atoms with E-state index < -0.39 is 0 Å². The summed E-state index contributed by atoms with van der Waals surface area (Å²) in [5.41, 5.74) is 0.603. The first-order valence-corrected chi connectivity index (χ1v) is 6.67. The second kappa shape index (κ2) is 5.27. The van der Waals surface area contributed by atoms with Crippen LogP contribution >= 0.6 is 28.3 Å². The zero-order valence-corrected chi connectivity index (χ0v) is 12.1. The molecule has 2 bridgehead atoms. The molecule has 5 heteroatoms. The lowest BCUT2D eigenvalue weighted by atomic mass is 9.70. The Labute approximate surface area is 120 Å². The van der Waals surface area contributed by atoms with E-state index in [2.05, 4.69) is 21.2 Å². The third-order valence-electron chi connectivity index (χ3n) is 3.78. The van der Waals surface area contributed by atoms with Crippen LogP contribution in [0.1, 0.15) is 18.4 Å². The van der Waals surface area contributed by atoms with Crippen LogP contribution in [0.3, 0.4) is 0 Å². The largest absolute Gasteiger partial charge is 0.304 e. The van der Waals surface area contributed by atoms with Gasteiger partial charge in [-0.15, -0.1) is 12.4 Å². The third kappa shape index (κ3) is 2.33. The normalized spacial score (nSPS) is 29.4. The van der Waals surface area contributed by atoms with E-state index in [1.54, 1.807) is 18.2 Å². The molecule has 0 amide bonds. The van der Waals surface area contributed by atoms with Crippen molar-refractivity contribution < 1.29 is 9.18 Å². The molecule has 1 atom stereocenters. The maximum atomic E-state index is 13.8. The van der Waals surface area contributed by atoms with Crippen LogP contribution in [0.4, 0.5) is 4.39 Å². The number of carbonyl (C=O) groups excluding carboxylic acids is 1. The molecule has 1 saturated carbocycles. The van der Waals surface area contributed by atoms with E-state index in [-0.39, 0.29) is 36.0 Å². The number of fused-ring (bicyclic) bond motifs is 2. The fraction of sp³-hybridized carbons (Fsp3) is 0.462. The number of carbonyl (C=O) groups is 1. The number of ketones is 1. The van der Waals surface area contributed by atoms with Gasteiger partial charge in [0.1, 0.15) is 5.82 Å². The number of benzene rings is 1. The van der Waals surface area contributed by atoms with Crippen LogP contribution < -0.4 is 5.32 Å². The standard InChI is InChI=1S/C13H13BrFNO.ClH/c14-10-3-1-2-7(12(10)15)6-11-13(17)8-4-9(5-8)16-11;/h1-3,8-9,11,16H,4-6H2;1H. The number of nitrogens with one attached hydrogen (secondary N) is 1. The molecule has 2 heterocycles. The van der Waals surface area contributed by atoms with Crippen molar-refractivity contribution in [1.82, 2.24) is 5.32 Å². The van der Waals surface area contributed by atoms with Crippen LogP contribution in [0.2, 0.25) is 0 Å². The first-order chi connectivity index (χ1) is 8.15. The average molecular weight is 335 g/mol. The second-order valence-electron chi connectivity index (χ2n) is 4.90. The highest BCUT2D eigenvalue weighted by Gasteiger charge is 2.44. The predicted octanol–water partition coefficient (Wildman–Crippen LogP) is 2.87. The van der Waals surface area contributed by atoms with E-state index in [1.807, 2.05) is 0 Å². The summed E-state index contributed by atoms with van der Waals surface area (Å²) in [4.78, 5) is 12.0. The molecular formula is C13H14BrClFNO. The van der Waals surface area contributed by atoms with Gasteiger partial charge in [-0.3, -0.25) is 4.79 Å². The van der Waals surface area contributed by atoms with E-state index in [4.69, 9.17) is 0 Å². The molecular weight excluding hydrogens is 321 g/mol. The quantitative estimate of drug-likeness (QED) is 0.901. The Bertz CT molecular complexity index is 476. The molecule has 18 heavy (non-hydrogen) atoms. The summed E-state index contributed by atoms with van der Waals surface area (Å²) in [7, 11) is 0. The number of piperidine rings is 2. The Morgan fingerprint density at radius 1 is 1.39 bits per heavy atom. The highest BCUT2D eigenvalue weighted by molar-refractivity contribution is 9.10. The Morgan fingerprint density at radius 2 is 2.11 bits per heavy atom. The Kier molecular flexibility index (Phi) is 4.09. The minimum Gasteiger partial charge on any atom is -0.304 e. The molecule has 3 fully saturated rings. The number of rotatable bonds is 2. The molecule has 0 spiro atoms. The molecule has 3 aliphatic rings. The van der Waals surface area contributed by atoms with Gasteiger partial charge in [0.2, 0.25) is 0 Å². The fourth-order valence-electron chi connectivity index (χ4n) is 2.72. The highest BCUT2D eigenvalue weighted by atomic mass is 79.9. The van der Waals surface area contributed by atoms with Crippen LogP contribution in [0.5, 0.6) is 0 Å². The van der Waals surface area contributed by atoms with Gasteiger partial charge in [-0.2, -0.15) is 0 Å². The maximum absolute atomic E-state index is 13.8. The summed E-state index contributed by atoms with van der Waals surface area (Å²) in [5.74, 6) is 0.231. The molecule has 1 aliphatic carbocycles. The Hall–Kier alpha value is -0.450. The lowest BCUT2D eigenvalue weighted by molar-refractivity contribution is -0.133. The summed E-state index contributed by atoms with van der Waals surface area (Å²) in [6.45, 7) is 0. The lowest BCUT2D eigenvalue weighted by Crippen LogP contribution is -2.61. The van der Waals surface area contributed by atoms with Crippen molar-refractivity contribution in [3.8, 4) is 0 Å². The summed E-state index contributed by atoms with van der Waals surface area (Å²) >= 11 is 3.17. The van der Waals surface area contributed by atoms with Gasteiger partial charge >= 0.3 is 0 Å². The molecule has 2 aliphatic heterocycles. The van der Waals surface area contributed by atoms with Crippen molar-refractivity contribution in [2.45, 2.75) is 31.3 Å². The van der Waals surface area contributed by atoms with Crippen molar-refractivity contribution in [3.63, 3.8) is 0 Å². The van der Waals surface area contributed by atoms with Gasteiger partial charge in [0.15, 0.2) is 5.78 Å². The first-order valence-electron chi connectivity index (χ1n) is 5.88. The minimum absolute atomic E-state index is 0. The molecule has 98 valence electrons. The third-order valence-corrected chi connectivity index (χ3v) is 4.39. The molecule has 4 rings (SSSR count). The van der Waals surface area contributed by atoms with Crippen LogP contribution in [0.25, 0.3) is 0 Å². The van der Waals surface area contributed by atoms with E-state index in [0.29, 0.717) is 22.5 Å². The van der Waals surface area contributed by atoms with Crippen molar-refractivity contribution in [1.29, 1.82) is 0 Å². The van der Waals surface area contributed by atoms with Gasteiger partial charge in [0, 0.05) is 12.0 Å². The van der Waals surface area contributed by atoms with E-state index in [1.165, 1.54) is 0 Å². The molecule has 1 aromatic rings. The Balaban J connectivity index is 0.00000120. The number of hydrogen-bond donors (Lipinski definition) is 1. The maximum Gasteiger partial charge on any atom is 0.153 e. The molecule has 0 aromatic heterocycles. The molecule has 2 saturated heterocycles. The fourth-order valence-corrected chi connectivity index (χ4v) is 3.13. The molecule has 1 aromatic carbocycles. The smallest absolute Gasteiger partial charge is 0.153 e. The van der Waals surface area contributed by atoms with Crippen LogP contribution in [-0.4, -0.2) is 17.9 Å². The van der Waals surface area contributed by atoms with E-state index >= 15 is 0 Å². The lowest BCUT2D eigenvalue weighted by Gasteiger charge is -2.45. The van der Waals surface area contributed by atoms with Crippen LogP contribution in [0, 0.1) is 11.7 Å². The summed E-state index contributed by atoms with van der Waals surface area (Å²) < 4.78 is 14.3. The van der Waals surface area contributed by atoms with Gasteiger partial charge in [-0.05, 0) is 46.8 Å². The number of halogens is 3. The minimum atomic E-state index is -0.249. The molecule has 0 radical (unpaired) electrons. The second-order valence-corrected chi connectivity index (χ2v) is 5.76. The predicted molar refractivity (Wildman–Crippen MR) is 73.5 cm³/mol. The van der Waals surface area contributed by atoms with Crippen molar-refractivity contribution in [3.05, 3.63) is 34.1 Å². The van der Waals surface area contributed by atoms with Crippen LogP contribution in [0.15, 0.2) is 22.7 Å².